The maximum Gasteiger partial charge on any atom is 0.234 e. The minimum atomic E-state index is -0.0179. The molecule has 14 heavy (non-hydrogen) atoms. The number of hydrogen-bond donors (Lipinski definition) is 2. The smallest absolute Gasteiger partial charge is 0.234 e. The molecule has 75 valence electrons. The Labute approximate surface area is 84.5 Å². The van der Waals surface area contributed by atoms with Gasteiger partial charge in [0.05, 0.1) is 13.1 Å². The van der Waals surface area contributed by atoms with Crippen molar-refractivity contribution in [3.63, 3.8) is 0 Å². The monoisotopic (exact) mass is 191 g/mol. The molecule has 1 rings (SSSR count). The Balaban J connectivity index is 2.24. The molecule has 3 heteroatoms. The number of carbonyl (C=O) groups is 1. The van der Waals surface area contributed by atoms with Gasteiger partial charge in [-0.2, -0.15) is 0 Å². The van der Waals surface area contributed by atoms with Gasteiger partial charge in [0.2, 0.25) is 5.91 Å². The van der Waals surface area contributed by atoms with E-state index in [0.29, 0.717) is 6.54 Å². The molecule has 0 atom stereocenters. The van der Waals surface area contributed by atoms with E-state index in [4.69, 9.17) is 0 Å². The van der Waals surface area contributed by atoms with Crippen molar-refractivity contribution in [1.82, 2.24) is 10.6 Å². The lowest BCUT2D eigenvalue weighted by Gasteiger charge is -2.04. The van der Waals surface area contributed by atoms with Crippen molar-refractivity contribution in [2.45, 2.75) is 6.92 Å². The van der Waals surface area contributed by atoms with Crippen LogP contribution in [0.4, 0.5) is 0 Å². The Kier molecular flexibility index (Phi) is 4.72. The number of nitrogens with one attached hydrogen (secondary N) is 2. The third-order valence-electron chi connectivity index (χ3n) is 1.73. The van der Waals surface area contributed by atoms with Gasteiger partial charge in [-0.25, -0.2) is 0 Å². The van der Waals surface area contributed by atoms with Crippen LogP contribution in [-0.2, 0) is 4.79 Å². The van der Waals surface area contributed by atoms with Crippen molar-refractivity contribution in [1.29, 1.82) is 0 Å². The lowest BCUT2D eigenvalue weighted by Crippen LogP contribution is -2.32. The topological polar surface area (TPSA) is 41.1 Å². The van der Waals surface area contributed by atoms with Gasteiger partial charge in [-0.3, -0.25) is 4.79 Å². The van der Waals surface area contributed by atoms with Crippen LogP contribution in [-0.4, -0.2) is 19.0 Å². The first-order chi connectivity index (χ1) is 6.83. The van der Waals surface area contributed by atoms with Crippen molar-refractivity contribution in [3.05, 3.63) is 42.4 Å². The van der Waals surface area contributed by atoms with E-state index in [-0.39, 0.29) is 5.91 Å². The van der Waals surface area contributed by atoms with Gasteiger partial charge in [-0.1, -0.05) is 37.3 Å². The first-order valence-electron chi connectivity index (χ1n) is 4.71. The van der Waals surface area contributed by atoms with E-state index in [1.54, 1.807) is 6.54 Å². The lowest BCUT2D eigenvalue weighted by atomic mass is 10.2. The molecule has 0 saturated carbocycles. The van der Waals surface area contributed by atoms with Crippen LogP contribution in [0.1, 0.15) is 12.5 Å². The molecule has 0 bridgehead atoms. The van der Waals surface area contributed by atoms with E-state index >= 15 is 0 Å². The summed E-state index contributed by atoms with van der Waals surface area (Å²) in [6.07, 6.45) is 0. The summed E-state index contributed by atoms with van der Waals surface area (Å²) in [4.78, 5) is 11.2. The molecule has 2 N–H and O–H groups in total. The molecule has 1 amide bonds. The molecule has 0 fully saturated rings. The van der Waals surface area contributed by atoms with Crippen LogP contribution >= 0.6 is 0 Å². The Morgan fingerprint density at radius 1 is 1.36 bits per heavy atom. The second-order valence-electron chi connectivity index (χ2n) is 2.90. The molecule has 0 aromatic heterocycles. The summed E-state index contributed by atoms with van der Waals surface area (Å²) in [5, 5.41) is 5.66. The minimum absolute atomic E-state index is 0.0179. The highest BCUT2D eigenvalue weighted by atomic mass is 16.1. The summed E-state index contributed by atoms with van der Waals surface area (Å²) < 4.78 is 0. The Bertz CT molecular complexity index is 272. The summed E-state index contributed by atoms with van der Waals surface area (Å²) >= 11 is 0. The van der Waals surface area contributed by atoms with Crippen LogP contribution in [0.2, 0.25) is 0 Å². The van der Waals surface area contributed by atoms with Crippen LogP contribution in [0.5, 0.6) is 0 Å². The van der Waals surface area contributed by atoms with Gasteiger partial charge in [-0.05, 0) is 12.1 Å². The summed E-state index contributed by atoms with van der Waals surface area (Å²) in [5.41, 5.74) is 0.998. The predicted molar refractivity (Wildman–Crippen MR) is 56.5 cm³/mol. The molecular formula is C11H15N2O. The molecule has 0 heterocycles. The third-order valence-corrected chi connectivity index (χ3v) is 1.73. The van der Waals surface area contributed by atoms with E-state index in [1.807, 2.05) is 37.3 Å². The zero-order valence-electron chi connectivity index (χ0n) is 8.29. The summed E-state index contributed by atoms with van der Waals surface area (Å²) in [6, 6.07) is 9.68. The number of carbonyl (C=O) groups excluding carboxylic acids is 1. The number of amides is 1. The molecule has 0 unspecified atom stereocenters. The second-order valence-corrected chi connectivity index (χ2v) is 2.90. The maximum atomic E-state index is 11.2. The fraction of sp³-hybridized carbons (Fsp3) is 0.273. The van der Waals surface area contributed by atoms with Crippen LogP contribution in [0.3, 0.4) is 0 Å². The van der Waals surface area contributed by atoms with Crippen molar-refractivity contribution >= 4 is 5.91 Å². The average molecular weight is 191 g/mol. The van der Waals surface area contributed by atoms with Gasteiger partial charge in [0, 0.05) is 0 Å². The van der Waals surface area contributed by atoms with E-state index in [1.165, 1.54) is 0 Å². The molecule has 1 radical (unpaired) electrons. The van der Waals surface area contributed by atoms with Crippen molar-refractivity contribution in [2.75, 3.05) is 13.1 Å². The fourth-order valence-corrected chi connectivity index (χ4v) is 1.00. The first kappa shape index (κ1) is 10.7. The molecule has 0 aliphatic rings. The van der Waals surface area contributed by atoms with E-state index < -0.39 is 0 Å². The number of benzene rings is 1. The van der Waals surface area contributed by atoms with Crippen LogP contribution in [0, 0.1) is 6.54 Å². The van der Waals surface area contributed by atoms with Crippen LogP contribution in [0.25, 0.3) is 0 Å². The van der Waals surface area contributed by atoms with E-state index in [9.17, 15) is 4.79 Å². The van der Waals surface area contributed by atoms with Gasteiger partial charge in [0.1, 0.15) is 0 Å². The molecular weight excluding hydrogens is 176 g/mol. The SMILES string of the molecule is CCNCC(=O)N[CH]c1ccccc1. The number of rotatable bonds is 5. The van der Waals surface area contributed by atoms with Gasteiger partial charge in [-0.15, -0.1) is 0 Å². The second kappa shape index (κ2) is 6.16. The predicted octanol–water partition coefficient (Wildman–Crippen LogP) is 0.922. The third kappa shape index (κ3) is 4.05. The minimum Gasteiger partial charge on any atom is -0.346 e. The van der Waals surface area contributed by atoms with Crippen molar-refractivity contribution in [2.24, 2.45) is 0 Å². The zero-order chi connectivity index (χ0) is 10.2. The lowest BCUT2D eigenvalue weighted by molar-refractivity contribution is -0.119. The molecule has 1 aromatic rings. The fourth-order valence-electron chi connectivity index (χ4n) is 1.00. The Morgan fingerprint density at radius 3 is 2.71 bits per heavy atom. The quantitative estimate of drug-likeness (QED) is 0.726. The van der Waals surface area contributed by atoms with E-state index in [2.05, 4.69) is 10.6 Å². The maximum absolute atomic E-state index is 11.2. The van der Waals surface area contributed by atoms with Crippen molar-refractivity contribution < 1.29 is 4.79 Å². The molecule has 0 aliphatic carbocycles. The standard InChI is InChI=1S/C11H15N2O/c1-2-12-9-11(14)13-8-10-6-4-3-5-7-10/h3-8,12H,2,9H2,1H3,(H,13,14). The largest absolute Gasteiger partial charge is 0.346 e. The van der Waals surface area contributed by atoms with E-state index in [0.717, 1.165) is 12.1 Å². The number of hydrogen-bond acceptors (Lipinski definition) is 2. The molecule has 1 aromatic carbocycles. The van der Waals surface area contributed by atoms with Crippen molar-refractivity contribution in [3.8, 4) is 0 Å². The highest BCUT2D eigenvalue weighted by Gasteiger charge is 1.99. The van der Waals surface area contributed by atoms with Gasteiger partial charge < -0.3 is 10.6 Å². The summed E-state index contributed by atoms with van der Waals surface area (Å²) in [5.74, 6) is -0.0179. The average Bonchev–Trinajstić information content (AvgIpc) is 2.25. The molecule has 0 spiro atoms. The summed E-state index contributed by atoms with van der Waals surface area (Å²) in [7, 11) is 0. The molecule has 3 nitrogen and oxygen atoms in total. The molecule has 0 saturated heterocycles. The van der Waals surface area contributed by atoms with Gasteiger partial charge in [0.25, 0.3) is 0 Å². The highest BCUT2D eigenvalue weighted by molar-refractivity contribution is 5.79. The van der Waals surface area contributed by atoms with Crippen LogP contribution < -0.4 is 10.6 Å². The highest BCUT2D eigenvalue weighted by Crippen LogP contribution is 1.98. The van der Waals surface area contributed by atoms with Gasteiger partial charge in [0.15, 0.2) is 0 Å². The Hall–Kier alpha value is -1.35. The Morgan fingerprint density at radius 2 is 2.07 bits per heavy atom. The zero-order valence-corrected chi connectivity index (χ0v) is 8.29. The molecule has 0 aliphatic heterocycles. The number of likely N-dealkylation sites (N-methyl/N-ethyl adjacent to an activating group) is 1. The summed E-state index contributed by atoms with van der Waals surface area (Å²) in [6.45, 7) is 4.84. The first-order valence-corrected chi connectivity index (χ1v) is 4.71. The van der Waals surface area contributed by atoms with Crippen LogP contribution in [0.15, 0.2) is 30.3 Å². The van der Waals surface area contributed by atoms with Gasteiger partial charge >= 0.3 is 0 Å². The normalized spacial score (nSPS) is 9.79.